The van der Waals surface area contributed by atoms with Gasteiger partial charge in [-0.3, -0.25) is 4.79 Å². The summed E-state index contributed by atoms with van der Waals surface area (Å²) in [5, 5.41) is 11.1. The third-order valence-corrected chi connectivity index (χ3v) is 2.71. The van der Waals surface area contributed by atoms with E-state index in [9.17, 15) is 4.79 Å². The molecule has 0 atom stereocenters. The van der Waals surface area contributed by atoms with Crippen molar-refractivity contribution < 1.29 is 14.3 Å². The molecule has 0 saturated heterocycles. The lowest BCUT2D eigenvalue weighted by atomic mass is 10.2. The molecule has 0 saturated carbocycles. The molecular formula is C15H20N2O3. The summed E-state index contributed by atoms with van der Waals surface area (Å²) >= 11 is 0. The molecule has 0 aromatic heterocycles. The lowest BCUT2D eigenvalue weighted by Crippen LogP contribution is -2.21. The van der Waals surface area contributed by atoms with E-state index in [-0.39, 0.29) is 12.3 Å². The molecule has 1 amide bonds. The molecule has 1 N–H and O–H groups in total. The molecule has 0 aliphatic carbocycles. The van der Waals surface area contributed by atoms with Crippen LogP contribution in [0.5, 0.6) is 11.5 Å². The Kier molecular flexibility index (Phi) is 6.97. The van der Waals surface area contributed by atoms with Gasteiger partial charge in [0.2, 0.25) is 5.91 Å². The predicted molar refractivity (Wildman–Crippen MR) is 75.5 cm³/mol. The molecule has 5 heteroatoms. The number of methoxy groups -OCH3 is 1. The maximum atomic E-state index is 11.2. The Morgan fingerprint density at radius 3 is 2.85 bits per heavy atom. The third-order valence-electron chi connectivity index (χ3n) is 2.71. The van der Waals surface area contributed by atoms with Crippen molar-refractivity contribution in [1.29, 1.82) is 5.26 Å². The van der Waals surface area contributed by atoms with Gasteiger partial charge in [0.05, 0.1) is 19.8 Å². The fourth-order valence-electron chi connectivity index (χ4n) is 1.61. The lowest BCUT2D eigenvalue weighted by Gasteiger charge is -2.12. The average Bonchev–Trinajstić information content (AvgIpc) is 2.46. The van der Waals surface area contributed by atoms with E-state index in [0.717, 1.165) is 18.4 Å². The number of carbonyl (C=O) groups excluding carboxylic acids is 1. The molecule has 0 unspecified atom stereocenters. The molecular weight excluding hydrogens is 256 g/mol. The Bertz CT molecular complexity index is 480. The van der Waals surface area contributed by atoms with Crippen molar-refractivity contribution in [2.75, 3.05) is 13.7 Å². The minimum atomic E-state index is -0.281. The average molecular weight is 276 g/mol. The van der Waals surface area contributed by atoms with Gasteiger partial charge in [-0.1, -0.05) is 19.4 Å². The zero-order chi connectivity index (χ0) is 14.8. The van der Waals surface area contributed by atoms with Gasteiger partial charge >= 0.3 is 0 Å². The standard InChI is InChI=1S/C15H20N2O3/c1-3-4-9-20-14-10-12(5-6-13(14)19-2)11-17-15(18)7-8-16/h5-6,10H,3-4,7,9,11H2,1-2H3,(H,17,18). The van der Waals surface area contributed by atoms with Gasteiger partial charge in [0.25, 0.3) is 0 Å². The van der Waals surface area contributed by atoms with Gasteiger partial charge in [0.15, 0.2) is 11.5 Å². The Labute approximate surface area is 119 Å². The maximum Gasteiger partial charge on any atom is 0.234 e. The fraction of sp³-hybridized carbons (Fsp3) is 0.467. The number of carbonyl (C=O) groups is 1. The number of nitriles is 1. The molecule has 108 valence electrons. The highest BCUT2D eigenvalue weighted by Gasteiger charge is 2.07. The summed E-state index contributed by atoms with van der Waals surface area (Å²) in [6, 6.07) is 7.33. The molecule has 0 heterocycles. The van der Waals surface area contributed by atoms with Crippen LogP contribution in [0.25, 0.3) is 0 Å². The highest BCUT2D eigenvalue weighted by Crippen LogP contribution is 2.28. The predicted octanol–water partition coefficient (Wildman–Crippen LogP) is 2.40. The van der Waals surface area contributed by atoms with Crippen molar-refractivity contribution in [2.24, 2.45) is 0 Å². The number of ether oxygens (including phenoxy) is 2. The first-order chi connectivity index (χ1) is 9.71. The second kappa shape index (κ2) is 8.81. The van der Waals surface area contributed by atoms with Crippen LogP contribution < -0.4 is 14.8 Å². The highest BCUT2D eigenvalue weighted by molar-refractivity contribution is 5.77. The zero-order valence-electron chi connectivity index (χ0n) is 11.9. The Balaban J connectivity index is 2.66. The maximum absolute atomic E-state index is 11.2. The zero-order valence-corrected chi connectivity index (χ0v) is 11.9. The van der Waals surface area contributed by atoms with E-state index < -0.39 is 0 Å². The van der Waals surface area contributed by atoms with Crippen molar-refractivity contribution in [1.82, 2.24) is 5.32 Å². The molecule has 20 heavy (non-hydrogen) atoms. The molecule has 5 nitrogen and oxygen atoms in total. The summed E-state index contributed by atoms with van der Waals surface area (Å²) in [4.78, 5) is 11.2. The van der Waals surface area contributed by atoms with E-state index in [0.29, 0.717) is 24.7 Å². The van der Waals surface area contributed by atoms with E-state index in [1.54, 1.807) is 7.11 Å². The largest absolute Gasteiger partial charge is 0.493 e. The van der Waals surface area contributed by atoms with Crippen LogP contribution in [0, 0.1) is 11.3 Å². The molecule has 1 aromatic carbocycles. The summed E-state index contributed by atoms with van der Waals surface area (Å²) in [5.74, 6) is 1.07. The number of hydrogen-bond acceptors (Lipinski definition) is 4. The van der Waals surface area contributed by atoms with Crippen molar-refractivity contribution in [2.45, 2.75) is 32.7 Å². The first kappa shape index (κ1) is 15.8. The molecule has 0 aliphatic heterocycles. The minimum Gasteiger partial charge on any atom is -0.493 e. The summed E-state index contributed by atoms with van der Waals surface area (Å²) in [5.41, 5.74) is 0.906. The topological polar surface area (TPSA) is 71.3 Å². The van der Waals surface area contributed by atoms with Gasteiger partial charge in [-0.2, -0.15) is 5.26 Å². The minimum absolute atomic E-state index is 0.129. The van der Waals surface area contributed by atoms with Gasteiger partial charge < -0.3 is 14.8 Å². The SMILES string of the molecule is CCCCOc1cc(CNC(=O)CC#N)ccc1OC. The second-order valence-corrected chi connectivity index (χ2v) is 4.30. The van der Waals surface area contributed by atoms with Crippen LogP contribution in [0.1, 0.15) is 31.7 Å². The number of rotatable bonds is 8. The van der Waals surface area contributed by atoms with Crippen LogP contribution in [0.4, 0.5) is 0 Å². The van der Waals surface area contributed by atoms with E-state index in [2.05, 4.69) is 12.2 Å². The van der Waals surface area contributed by atoms with Crippen molar-refractivity contribution in [3.63, 3.8) is 0 Å². The fourth-order valence-corrected chi connectivity index (χ4v) is 1.61. The van der Waals surface area contributed by atoms with E-state index in [1.165, 1.54) is 0 Å². The Hall–Kier alpha value is -2.22. The van der Waals surface area contributed by atoms with Gasteiger partial charge in [0.1, 0.15) is 6.42 Å². The molecule has 1 rings (SSSR count). The first-order valence-corrected chi connectivity index (χ1v) is 6.64. The highest BCUT2D eigenvalue weighted by atomic mass is 16.5. The number of benzene rings is 1. The molecule has 0 radical (unpaired) electrons. The lowest BCUT2D eigenvalue weighted by molar-refractivity contribution is -0.120. The number of unbranched alkanes of at least 4 members (excludes halogenated alkanes) is 1. The Morgan fingerprint density at radius 2 is 2.20 bits per heavy atom. The number of nitrogens with one attached hydrogen (secondary N) is 1. The summed E-state index contributed by atoms with van der Waals surface area (Å²) < 4.78 is 10.9. The van der Waals surface area contributed by atoms with Crippen LogP contribution in [-0.2, 0) is 11.3 Å². The monoisotopic (exact) mass is 276 g/mol. The second-order valence-electron chi connectivity index (χ2n) is 4.30. The first-order valence-electron chi connectivity index (χ1n) is 6.64. The van der Waals surface area contributed by atoms with Crippen molar-refractivity contribution in [3.8, 4) is 17.6 Å². The molecule has 0 bridgehead atoms. The normalized spacial score (nSPS) is 9.65. The Morgan fingerprint density at radius 1 is 1.40 bits per heavy atom. The summed E-state index contributed by atoms with van der Waals surface area (Å²) in [6.45, 7) is 3.10. The number of hydrogen-bond donors (Lipinski definition) is 1. The number of nitrogens with zero attached hydrogens (tertiary/aromatic N) is 1. The smallest absolute Gasteiger partial charge is 0.234 e. The summed E-state index contributed by atoms with van der Waals surface area (Å²) in [6.07, 6.45) is 1.91. The summed E-state index contributed by atoms with van der Waals surface area (Å²) in [7, 11) is 1.59. The number of amides is 1. The van der Waals surface area contributed by atoms with Crippen LogP contribution in [0.3, 0.4) is 0 Å². The van der Waals surface area contributed by atoms with Crippen LogP contribution in [-0.4, -0.2) is 19.6 Å². The molecule has 1 aromatic rings. The quantitative estimate of drug-likeness (QED) is 0.740. The van der Waals surface area contributed by atoms with Gasteiger partial charge in [-0.15, -0.1) is 0 Å². The molecule has 0 fully saturated rings. The van der Waals surface area contributed by atoms with E-state index in [1.807, 2.05) is 24.3 Å². The molecule has 0 aliphatic rings. The van der Waals surface area contributed by atoms with Gasteiger partial charge in [-0.05, 0) is 24.1 Å². The van der Waals surface area contributed by atoms with Crippen molar-refractivity contribution in [3.05, 3.63) is 23.8 Å². The van der Waals surface area contributed by atoms with Crippen LogP contribution in [0.2, 0.25) is 0 Å². The van der Waals surface area contributed by atoms with E-state index in [4.69, 9.17) is 14.7 Å². The third kappa shape index (κ3) is 5.19. The molecule has 0 spiro atoms. The van der Waals surface area contributed by atoms with Crippen LogP contribution in [0.15, 0.2) is 18.2 Å². The van der Waals surface area contributed by atoms with E-state index >= 15 is 0 Å². The van der Waals surface area contributed by atoms with Gasteiger partial charge in [0, 0.05) is 6.54 Å². The van der Waals surface area contributed by atoms with Gasteiger partial charge in [-0.25, -0.2) is 0 Å². The van der Waals surface area contributed by atoms with Crippen LogP contribution >= 0.6 is 0 Å². The van der Waals surface area contributed by atoms with Crippen molar-refractivity contribution >= 4 is 5.91 Å².